The van der Waals surface area contributed by atoms with E-state index in [-0.39, 0.29) is 5.75 Å². The molecule has 1 saturated heterocycles. The lowest BCUT2D eigenvalue weighted by Crippen LogP contribution is -2.39. The largest absolute Gasteiger partial charge is 0.508 e. The summed E-state index contributed by atoms with van der Waals surface area (Å²) in [6, 6.07) is 17.0. The van der Waals surface area contributed by atoms with Crippen LogP contribution in [0.2, 0.25) is 0 Å². The Morgan fingerprint density at radius 3 is 2.19 bits per heavy atom. The van der Waals surface area contributed by atoms with Crippen molar-refractivity contribution in [3.05, 3.63) is 65.7 Å². The van der Waals surface area contributed by atoms with E-state index in [1.54, 1.807) is 24.3 Å². The lowest BCUT2D eigenvalue weighted by atomic mass is 9.91. The van der Waals surface area contributed by atoms with Gasteiger partial charge in [-0.2, -0.15) is 0 Å². The van der Waals surface area contributed by atoms with Crippen molar-refractivity contribution in [2.75, 3.05) is 19.6 Å². The zero-order chi connectivity index (χ0) is 19.1. The first-order chi connectivity index (χ1) is 12.8. The molecule has 4 rings (SSSR count). The molecule has 0 bridgehead atoms. The number of likely N-dealkylation sites (tertiary alicyclic amines) is 1. The first-order valence-corrected chi connectivity index (χ1v) is 9.84. The van der Waals surface area contributed by atoms with Gasteiger partial charge in [-0.3, -0.25) is 4.90 Å². The molecule has 0 amide bonds. The number of hydrogen-bond donors (Lipinski definition) is 3. The van der Waals surface area contributed by atoms with Crippen LogP contribution >= 0.6 is 0 Å². The zero-order valence-electron chi connectivity index (χ0n) is 15.9. The molecule has 1 heterocycles. The number of aliphatic hydroxyl groups is 2. The molecule has 27 heavy (non-hydrogen) atoms. The molecule has 4 atom stereocenters. The first-order valence-electron chi connectivity index (χ1n) is 9.84. The highest BCUT2D eigenvalue weighted by Gasteiger charge is 2.48. The number of fused-ring (bicyclic) bond motifs is 1. The molecule has 4 heteroatoms. The maximum Gasteiger partial charge on any atom is 0.115 e. The normalized spacial score (nSPS) is 30.2. The molecule has 144 valence electrons. The van der Waals surface area contributed by atoms with Crippen LogP contribution in [0, 0.1) is 11.8 Å². The number of benzene rings is 2. The molecule has 1 saturated carbocycles. The second-order valence-corrected chi connectivity index (χ2v) is 8.83. The Labute approximate surface area is 161 Å². The Bertz CT molecular complexity index is 758. The Kier molecular flexibility index (Phi) is 4.75. The lowest BCUT2D eigenvalue weighted by Gasteiger charge is -2.31. The van der Waals surface area contributed by atoms with Crippen LogP contribution in [-0.2, 0) is 12.0 Å². The molecule has 1 aliphatic heterocycles. The number of rotatable bonds is 5. The van der Waals surface area contributed by atoms with Crippen molar-refractivity contribution in [2.24, 2.45) is 11.8 Å². The fourth-order valence-corrected chi connectivity index (χ4v) is 5.15. The summed E-state index contributed by atoms with van der Waals surface area (Å²) in [6.45, 7) is 4.26. The summed E-state index contributed by atoms with van der Waals surface area (Å²) in [5, 5.41) is 31.5. The van der Waals surface area contributed by atoms with Gasteiger partial charge in [0.15, 0.2) is 0 Å². The molecule has 1 unspecified atom stereocenters. The molecule has 4 nitrogen and oxygen atoms in total. The van der Waals surface area contributed by atoms with Crippen LogP contribution in [0.25, 0.3) is 0 Å². The van der Waals surface area contributed by atoms with Crippen molar-refractivity contribution in [3.8, 4) is 5.75 Å². The van der Waals surface area contributed by atoms with Crippen LogP contribution in [0.15, 0.2) is 54.6 Å². The SMILES string of the molecule is CC(O)(CN1C[C@@H]2C[C@@](O)(Cc3ccccc3)C[C@@H]2C1)c1ccc(O)cc1. The molecule has 1 aliphatic carbocycles. The van der Waals surface area contributed by atoms with Crippen LogP contribution in [0.4, 0.5) is 0 Å². The van der Waals surface area contributed by atoms with Gasteiger partial charge in [-0.1, -0.05) is 42.5 Å². The molecule has 2 aromatic rings. The van der Waals surface area contributed by atoms with E-state index in [1.165, 1.54) is 5.56 Å². The van der Waals surface area contributed by atoms with Gasteiger partial charge in [-0.15, -0.1) is 0 Å². The molecular formula is C23H29NO3. The summed E-state index contributed by atoms with van der Waals surface area (Å²) in [5.74, 6) is 1.20. The molecule has 0 spiro atoms. The minimum atomic E-state index is -0.952. The van der Waals surface area contributed by atoms with E-state index in [9.17, 15) is 15.3 Å². The van der Waals surface area contributed by atoms with Gasteiger partial charge < -0.3 is 15.3 Å². The van der Waals surface area contributed by atoms with Crippen molar-refractivity contribution in [1.82, 2.24) is 4.90 Å². The maximum atomic E-state index is 11.1. The highest BCUT2D eigenvalue weighted by molar-refractivity contribution is 5.30. The zero-order valence-corrected chi connectivity index (χ0v) is 15.9. The summed E-state index contributed by atoms with van der Waals surface area (Å²) < 4.78 is 0. The third kappa shape index (κ3) is 4.03. The highest BCUT2D eigenvalue weighted by Crippen LogP contribution is 2.45. The number of aromatic hydroxyl groups is 1. The van der Waals surface area contributed by atoms with Crippen LogP contribution in [0.3, 0.4) is 0 Å². The topological polar surface area (TPSA) is 63.9 Å². The molecule has 2 fully saturated rings. The van der Waals surface area contributed by atoms with E-state index in [1.807, 2.05) is 25.1 Å². The first kappa shape index (κ1) is 18.5. The second-order valence-electron chi connectivity index (χ2n) is 8.83. The van der Waals surface area contributed by atoms with E-state index in [4.69, 9.17) is 0 Å². The molecule has 0 aromatic heterocycles. The van der Waals surface area contributed by atoms with Gasteiger partial charge in [-0.05, 0) is 54.9 Å². The smallest absolute Gasteiger partial charge is 0.115 e. The average Bonchev–Trinajstić information content (AvgIpc) is 3.09. The van der Waals surface area contributed by atoms with Crippen LogP contribution < -0.4 is 0 Å². The fraction of sp³-hybridized carbons (Fsp3) is 0.478. The van der Waals surface area contributed by atoms with Gasteiger partial charge in [-0.25, -0.2) is 0 Å². The van der Waals surface area contributed by atoms with Gasteiger partial charge in [0.1, 0.15) is 5.75 Å². The van der Waals surface area contributed by atoms with E-state index in [0.29, 0.717) is 18.4 Å². The summed E-state index contributed by atoms with van der Waals surface area (Å²) in [5.41, 5.74) is 0.472. The van der Waals surface area contributed by atoms with Gasteiger partial charge in [0, 0.05) is 26.1 Å². The third-order valence-corrected chi connectivity index (χ3v) is 6.33. The quantitative estimate of drug-likeness (QED) is 0.760. The van der Waals surface area contributed by atoms with Crippen molar-refractivity contribution in [1.29, 1.82) is 0 Å². The predicted octanol–water partition coefficient (Wildman–Crippen LogP) is 2.92. The summed E-state index contributed by atoms with van der Waals surface area (Å²) in [7, 11) is 0. The predicted molar refractivity (Wildman–Crippen MR) is 105 cm³/mol. The Balaban J connectivity index is 1.36. The van der Waals surface area contributed by atoms with Crippen molar-refractivity contribution >= 4 is 0 Å². The molecule has 2 aliphatic rings. The third-order valence-electron chi connectivity index (χ3n) is 6.33. The minimum Gasteiger partial charge on any atom is -0.508 e. The maximum absolute atomic E-state index is 11.1. The van der Waals surface area contributed by atoms with Gasteiger partial charge in [0.2, 0.25) is 0 Å². The fourth-order valence-electron chi connectivity index (χ4n) is 5.15. The minimum absolute atomic E-state index is 0.211. The van der Waals surface area contributed by atoms with Crippen molar-refractivity contribution < 1.29 is 15.3 Å². The summed E-state index contributed by atoms with van der Waals surface area (Å²) >= 11 is 0. The monoisotopic (exact) mass is 367 g/mol. The summed E-state index contributed by atoms with van der Waals surface area (Å²) in [6.07, 6.45) is 2.40. The number of β-amino-alcohol motifs (C(OH)–C–C–N with tert-alkyl or cyclic N) is 1. The van der Waals surface area contributed by atoms with Crippen LogP contribution in [0.1, 0.15) is 30.9 Å². The Morgan fingerprint density at radius 2 is 1.59 bits per heavy atom. The number of nitrogens with zero attached hydrogens (tertiary/aromatic N) is 1. The number of phenolic OH excluding ortho intramolecular Hbond substituents is 1. The van der Waals surface area contributed by atoms with Gasteiger partial charge >= 0.3 is 0 Å². The Morgan fingerprint density at radius 1 is 1.00 bits per heavy atom. The average molecular weight is 367 g/mol. The lowest BCUT2D eigenvalue weighted by molar-refractivity contribution is 0.00983. The highest BCUT2D eigenvalue weighted by atomic mass is 16.3. The molecule has 2 aromatic carbocycles. The van der Waals surface area contributed by atoms with E-state index < -0.39 is 11.2 Å². The van der Waals surface area contributed by atoms with Gasteiger partial charge in [0.05, 0.1) is 11.2 Å². The molecular weight excluding hydrogens is 338 g/mol. The van der Waals surface area contributed by atoms with Gasteiger partial charge in [0.25, 0.3) is 0 Å². The molecule has 0 radical (unpaired) electrons. The number of phenols is 1. The van der Waals surface area contributed by atoms with E-state index >= 15 is 0 Å². The van der Waals surface area contributed by atoms with Crippen LogP contribution in [-0.4, -0.2) is 45.5 Å². The van der Waals surface area contributed by atoms with Crippen molar-refractivity contribution in [3.63, 3.8) is 0 Å². The molecule has 3 N–H and O–H groups in total. The second kappa shape index (κ2) is 6.93. The van der Waals surface area contributed by atoms with E-state index in [2.05, 4.69) is 17.0 Å². The Hall–Kier alpha value is -1.88. The standard InChI is InChI=1S/C23H29NO3/c1-22(26,20-7-9-21(25)10-8-20)16-24-14-18-12-23(27,13-19(18)15-24)11-17-5-3-2-4-6-17/h2-10,18-19,25-27H,11-16H2,1H3/t18-,19+,22?,23-. The summed E-state index contributed by atoms with van der Waals surface area (Å²) in [4.78, 5) is 2.32. The van der Waals surface area contributed by atoms with Crippen molar-refractivity contribution in [2.45, 2.75) is 37.4 Å². The number of hydrogen-bond acceptors (Lipinski definition) is 4. The van der Waals surface area contributed by atoms with Crippen LogP contribution in [0.5, 0.6) is 5.75 Å². The van der Waals surface area contributed by atoms with E-state index in [0.717, 1.165) is 37.9 Å².